The number of fused-ring (bicyclic) bond motifs is 2. The molecule has 0 amide bonds. The molecule has 0 aliphatic heterocycles. The van der Waals surface area contributed by atoms with Crippen LogP contribution in [0.1, 0.15) is 48.4 Å². The fourth-order valence-electron chi connectivity index (χ4n) is 3.93. The van der Waals surface area contributed by atoms with Crippen molar-refractivity contribution < 1.29 is 19.2 Å². The van der Waals surface area contributed by atoms with Crippen LogP contribution in [0.2, 0.25) is 0 Å². The predicted molar refractivity (Wildman–Crippen MR) is 80.8 cm³/mol. The predicted octanol–water partition coefficient (Wildman–Crippen LogP) is 2.47. The fraction of sp³-hybridized carbons (Fsp3) is 0.471. The van der Waals surface area contributed by atoms with Gasteiger partial charge in [-0.3, -0.25) is 0 Å². The molecule has 2 saturated carbocycles. The standard InChI is InChI=1S/C17H18N2O4/c1-22-14(20)12-4-2-3-11(9-12)13-18-15(23-19-13)16-5-7-17(21,10-16)8-6-16/h2-4,9,21H,5-8,10H2,1H3. The zero-order valence-electron chi connectivity index (χ0n) is 12.9. The maximum Gasteiger partial charge on any atom is 0.337 e. The quantitative estimate of drug-likeness (QED) is 0.876. The molecular formula is C17H18N2O4. The lowest BCUT2D eigenvalue weighted by Gasteiger charge is -2.21. The van der Waals surface area contributed by atoms with Gasteiger partial charge in [0.2, 0.25) is 11.7 Å². The van der Waals surface area contributed by atoms with Gasteiger partial charge >= 0.3 is 5.97 Å². The van der Waals surface area contributed by atoms with E-state index in [9.17, 15) is 9.90 Å². The molecule has 2 aromatic rings. The van der Waals surface area contributed by atoms with Crippen molar-refractivity contribution in [1.29, 1.82) is 0 Å². The highest BCUT2D eigenvalue weighted by Gasteiger charge is 2.57. The average molecular weight is 314 g/mol. The highest BCUT2D eigenvalue weighted by Crippen LogP contribution is 2.57. The maximum atomic E-state index is 11.6. The van der Waals surface area contributed by atoms with E-state index in [0.29, 0.717) is 29.3 Å². The second kappa shape index (κ2) is 4.89. The van der Waals surface area contributed by atoms with Gasteiger partial charge in [-0.2, -0.15) is 4.98 Å². The van der Waals surface area contributed by atoms with Crippen LogP contribution in [0.4, 0.5) is 0 Å². The monoisotopic (exact) mass is 314 g/mol. The number of aromatic nitrogens is 2. The van der Waals surface area contributed by atoms with Crippen LogP contribution in [0.3, 0.4) is 0 Å². The lowest BCUT2D eigenvalue weighted by molar-refractivity contribution is 0.0520. The number of aliphatic hydroxyl groups is 1. The van der Waals surface area contributed by atoms with Crippen LogP contribution in [0.25, 0.3) is 11.4 Å². The Hall–Kier alpha value is -2.21. The molecule has 23 heavy (non-hydrogen) atoms. The third kappa shape index (κ3) is 2.25. The second-order valence-electron chi connectivity index (χ2n) is 6.68. The SMILES string of the molecule is COC(=O)c1cccc(-c2noc(C34CCC(O)(CC3)C4)n2)c1. The molecule has 0 unspecified atom stereocenters. The second-order valence-corrected chi connectivity index (χ2v) is 6.68. The van der Waals surface area contributed by atoms with Crippen LogP contribution >= 0.6 is 0 Å². The van der Waals surface area contributed by atoms with Gasteiger partial charge in [0, 0.05) is 5.56 Å². The van der Waals surface area contributed by atoms with Gasteiger partial charge in [-0.25, -0.2) is 4.79 Å². The van der Waals surface area contributed by atoms with Crippen molar-refractivity contribution in [3.8, 4) is 11.4 Å². The van der Waals surface area contributed by atoms with E-state index in [0.717, 1.165) is 25.7 Å². The fourth-order valence-corrected chi connectivity index (χ4v) is 3.93. The van der Waals surface area contributed by atoms with E-state index < -0.39 is 11.6 Å². The van der Waals surface area contributed by atoms with Crippen molar-refractivity contribution in [2.75, 3.05) is 7.11 Å². The Morgan fingerprint density at radius 1 is 1.30 bits per heavy atom. The summed E-state index contributed by atoms with van der Waals surface area (Å²) < 4.78 is 10.2. The van der Waals surface area contributed by atoms with E-state index in [-0.39, 0.29) is 5.41 Å². The van der Waals surface area contributed by atoms with Crippen molar-refractivity contribution >= 4 is 5.97 Å². The van der Waals surface area contributed by atoms with Gasteiger partial charge in [-0.1, -0.05) is 17.3 Å². The molecule has 120 valence electrons. The molecule has 2 aliphatic rings. The van der Waals surface area contributed by atoms with Crippen molar-refractivity contribution in [3.05, 3.63) is 35.7 Å². The number of carbonyl (C=O) groups excluding carboxylic acids is 1. The van der Waals surface area contributed by atoms with Crippen LogP contribution in [-0.2, 0) is 10.2 Å². The first kappa shape index (κ1) is 14.4. The number of hydrogen-bond acceptors (Lipinski definition) is 6. The topological polar surface area (TPSA) is 85.5 Å². The largest absolute Gasteiger partial charge is 0.465 e. The van der Waals surface area contributed by atoms with Crippen LogP contribution in [0.5, 0.6) is 0 Å². The Morgan fingerprint density at radius 3 is 2.74 bits per heavy atom. The molecule has 4 rings (SSSR count). The summed E-state index contributed by atoms with van der Waals surface area (Å²) in [5.41, 5.74) is 0.426. The number of rotatable bonds is 3. The molecule has 1 aromatic carbocycles. The van der Waals surface area contributed by atoms with E-state index >= 15 is 0 Å². The zero-order valence-corrected chi connectivity index (χ0v) is 12.9. The van der Waals surface area contributed by atoms with Gasteiger partial charge in [0.05, 0.1) is 23.7 Å². The number of benzene rings is 1. The Labute approximate surface area is 133 Å². The van der Waals surface area contributed by atoms with Gasteiger partial charge in [0.25, 0.3) is 0 Å². The summed E-state index contributed by atoms with van der Waals surface area (Å²) >= 11 is 0. The summed E-state index contributed by atoms with van der Waals surface area (Å²) in [6, 6.07) is 6.97. The normalized spacial score (nSPS) is 29.0. The minimum Gasteiger partial charge on any atom is -0.465 e. The summed E-state index contributed by atoms with van der Waals surface area (Å²) in [7, 11) is 1.35. The van der Waals surface area contributed by atoms with Gasteiger partial charge in [0.1, 0.15) is 0 Å². The molecule has 1 heterocycles. The minimum atomic E-state index is -0.556. The summed E-state index contributed by atoms with van der Waals surface area (Å²) in [5, 5.41) is 14.4. The molecular weight excluding hydrogens is 296 g/mol. The molecule has 1 N–H and O–H groups in total. The first-order chi connectivity index (χ1) is 11.0. The number of esters is 1. The third-order valence-electron chi connectivity index (χ3n) is 5.23. The van der Waals surface area contributed by atoms with Crippen LogP contribution in [0.15, 0.2) is 28.8 Å². The lowest BCUT2D eigenvalue weighted by Crippen LogP contribution is -2.20. The molecule has 1 aromatic heterocycles. The van der Waals surface area contributed by atoms with Gasteiger partial charge < -0.3 is 14.4 Å². The number of carbonyl (C=O) groups is 1. The average Bonchev–Trinajstić information content (AvgIpc) is 3.27. The summed E-state index contributed by atoms with van der Waals surface area (Å²) in [4.78, 5) is 16.2. The molecule has 6 heteroatoms. The van der Waals surface area contributed by atoms with Crippen molar-refractivity contribution in [2.24, 2.45) is 0 Å². The Kier molecular flexibility index (Phi) is 3.06. The van der Waals surface area contributed by atoms with Crippen molar-refractivity contribution in [3.63, 3.8) is 0 Å². The Morgan fingerprint density at radius 2 is 2.09 bits per heavy atom. The summed E-state index contributed by atoms with van der Waals surface area (Å²) in [6.07, 6.45) is 4.05. The van der Waals surface area contributed by atoms with Gasteiger partial charge in [0.15, 0.2) is 0 Å². The van der Waals surface area contributed by atoms with Crippen LogP contribution < -0.4 is 0 Å². The van der Waals surface area contributed by atoms with E-state index in [1.165, 1.54) is 7.11 Å². The molecule has 2 fully saturated rings. The molecule has 0 spiro atoms. The van der Waals surface area contributed by atoms with Crippen molar-refractivity contribution in [1.82, 2.24) is 10.1 Å². The van der Waals surface area contributed by atoms with E-state index in [1.807, 2.05) is 6.07 Å². The highest BCUT2D eigenvalue weighted by molar-refractivity contribution is 5.90. The van der Waals surface area contributed by atoms with Crippen molar-refractivity contribution in [2.45, 2.75) is 43.1 Å². The first-order valence-electron chi connectivity index (χ1n) is 7.79. The number of ether oxygens (including phenoxy) is 1. The molecule has 2 bridgehead atoms. The van der Waals surface area contributed by atoms with E-state index in [1.54, 1.807) is 18.2 Å². The summed E-state index contributed by atoms with van der Waals surface area (Å²) in [6.45, 7) is 0. The molecule has 0 atom stereocenters. The summed E-state index contributed by atoms with van der Waals surface area (Å²) in [5.74, 6) is 0.665. The van der Waals surface area contributed by atoms with Gasteiger partial charge in [-0.15, -0.1) is 0 Å². The molecule has 0 saturated heterocycles. The van der Waals surface area contributed by atoms with Gasteiger partial charge in [-0.05, 0) is 44.2 Å². The Balaban J connectivity index is 1.65. The smallest absolute Gasteiger partial charge is 0.337 e. The lowest BCUT2D eigenvalue weighted by atomic mass is 9.84. The number of methoxy groups -OCH3 is 1. The third-order valence-corrected chi connectivity index (χ3v) is 5.23. The van der Waals surface area contributed by atoms with E-state index in [2.05, 4.69) is 10.1 Å². The first-order valence-corrected chi connectivity index (χ1v) is 7.79. The van der Waals surface area contributed by atoms with Crippen LogP contribution in [0, 0.1) is 0 Å². The van der Waals surface area contributed by atoms with E-state index in [4.69, 9.17) is 9.26 Å². The molecule has 2 aliphatic carbocycles. The number of hydrogen-bond donors (Lipinski definition) is 1. The van der Waals surface area contributed by atoms with Crippen LogP contribution in [-0.4, -0.2) is 33.9 Å². The minimum absolute atomic E-state index is 0.181. The Bertz CT molecular complexity index is 759. The maximum absolute atomic E-state index is 11.6. The molecule has 0 radical (unpaired) electrons. The molecule has 6 nitrogen and oxygen atoms in total. The number of nitrogens with zero attached hydrogens (tertiary/aromatic N) is 2. The zero-order chi connectivity index (χ0) is 16.1. The highest BCUT2D eigenvalue weighted by atomic mass is 16.5.